The van der Waals surface area contributed by atoms with Gasteiger partial charge in [-0.2, -0.15) is 0 Å². The van der Waals surface area contributed by atoms with Crippen molar-refractivity contribution in [2.75, 3.05) is 13.0 Å². The summed E-state index contributed by atoms with van der Waals surface area (Å²) >= 11 is 0. The van der Waals surface area contributed by atoms with E-state index in [1.54, 1.807) is 25.1 Å². The quantitative estimate of drug-likeness (QED) is 0.710. The summed E-state index contributed by atoms with van der Waals surface area (Å²) in [4.78, 5) is 0. The van der Waals surface area contributed by atoms with E-state index in [-0.39, 0.29) is 6.35 Å². The highest BCUT2D eigenvalue weighted by Gasteiger charge is 2.32. The average molecular weight is 214 g/mol. The smallest absolute Gasteiger partial charge is 0.416 e. The topological polar surface area (TPSA) is 44.8 Å². The highest BCUT2D eigenvalue weighted by Crippen LogP contribution is 2.53. The van der Waals surface area contributed by atoms with Gasteiger partial charge >= 0.3 is 7.60 Å². The van der Waals surface area contributed by atoms with Crippen molar-refractivity contribution in [1.82, 2.24) is 0 Å². The van der Waals surface area contributed by atoms with Crippen LogP contribution in [0.2, 0.25) is 0 Å². The van der Waals surface area contributed by atoms with Crippen molar-refractivity contribution in [2.45, 2.75) is 6.92 Å². The Morgan fingerprint density at radius 1 is 1.43 bits per heavy atom. The number of para-hydroxylation sites is 2. The summed E-state index contributed by atoms with van der Waals surface area (Å²) in [7, 11) is -3.07. The standard InChI is InChI=1S/C9H11O4P/c1-2-12-14(10)7-11-8-5-3-4-6-9(8)13-14/h3-6H,2,7H2,1H3/t14-/m0/s1. The lowest BCUT2D eigenvalue weighted by Crippen LogP contribution is -2.12. The summed E-state index contributed by atoms with van der Waals surface area (Å²) in [6.07, 6.45) is -0.0160. The number of fused-ring (bicyclic) bond motifs is 1. The highest BCUT2D eigenvalue weighted by atomic mass is 31.2. The summed E-state index contributed by atoms with van der Waals surface area (Å²) < 4.78 is 27.4. The molecule has 1 aromatic rings. The Bertz CT molecular complexity index is 377. The fourth-order valence-corrected chi connectivity index (χ4v) is 2.55. The molecule has 0 aliphatic carbocycles. The van der Waals surface area contributed by atoms with Crippen LogP contribution < -0.4 is 9.26 Å². The molecule has 1 aromatic carbocycles. The fourth-order valence-electron chi connectivity index (χ4n) is 1.23. The van der Waals surface area contributed by atoms with Crippen LogP contribution in [-0.4, -0.2) is 13.0 Å². The SMILES string of the molecule is CCO[P@@]1(=O)COc2ccccc2O1. The molecule has 4 nitrogen and oxygen atoms in total. The zero-order valence-electron chi connectivity index (χ0n) is 7.80. The predicted molar refractivity (Wildman–Crippen MR) is 51.8 cm³/mol. The molecule has 2 rings (SSSR count). The lowest BCUT2D eigenvalue weighted by atomic mass is 10.3. The second kappa shape index (κ2) is 3.64. The Hall–Kier alpha value is -0.990. The van der Waals surface area contributed by atoms with Crippen molar-refractivity contribution in [3.63, 3.8) is 0 Å². The van der Waals surface area contributed by atoms with Gasteiger partial charge in [-0.3, -0.25) is 4.52 Å². The van der Waals surface area contributed by atoms with Gasteiger partial charge < -0.3 is 9.26 Å². The Labute approximate surface area is 82.3 Å². The number of rotatable bonds is 2. The summed E-state index contributed by atoms with van der Waals surface area (Å²) in [5, 5.41) is 0. The van der Waals surface area contributed by atoms with Gasteiger partial charge in [-0.1, -0.05) is 12.1 Å². The lowest BCUT2D eigenvalue weighted by molar-refractivity contribution is 0.224. The molecular weight excluding hydrogens is 203 g/mol. The van der Waals surface area contributed by atoms with E-state index in [1.807, 2.05) is 6.07 Å². The van der Waals surface area contributed by atoms with Crippen LogP contribution in [-0.2, 0) is 9.09 Å². The molecule has 1 aliphatic heterocycles. The minimum absolute atomic E-state index is 0.0160. The largest absolute Gasteiger partial charge is 0.476 e. The lowest BCUT2D eigenvalue weighted by Gasteiger charge is -2.25. The first-order valence-electron chi connectivity index (χ1n) is 4.38. The molecule has 1 aliphatic rings. The molecule has 76 valence electrons. The zero-order valence-corrected chi connectivity index (χ0v) is 8.70. The third-order valence-electron chi connectivity index (χ3n) is 1.79. The molecule has 0 amide bonds. The maximum absolute atomic E-state index is 11.8. The zero-order chi connectivity index (χ0) is 10.0. The number of ether oxygens (including phenoxy) is 1. The molecule has 1 heterocycles. The van der Waals surface area contributed by atoms with Crippen molar-refractivity contribution in [2.24, 2.45) is 0 Å². The van der Waals surface area contributed by atoms with Crippen LogP contribution in [0.1, 0.15) is 6.92 Å². The molecule has 0 radical (unpaired) electrons. The molecule has 1 atom stereocenters. The monoisotopic (exact) mass is 214 g/mol. The Morgan fingerprint density at radius 2 is 2.14 bits per heavy atom. The molecule has 0 aromatic heterocycles. The van der Waals surface area contributed by atoms with Gasteiger partial charge in [-0.05, 0) is 19.1 Å². The van der Waals surface area contributed by atoms with Crippen LogP contribution in [0.15, 0.2) is 24.3 Å². The first-order valence-corrected chi connectivity index (χ1v) is 6.11. The summed E-state index contributed by atoms with van der Waals surface area (Å²) in [5.41, 5.74) is 0. The minimum Gasteiger partial charge on any atom is -0.476 e. The second-order valence-electron chi connectivity index (χ2n) is 2.84. The normalized spacial score (nSPS) is 24.6. The molecular formula is C9H11O4P. The van der Waals surface area contributed by atoms with E-state index >= 15 is 0 Å². The van der Waals surface area contributed by atoms with E-state index in [2.05, 4.69) is 0 Å². The van der Waals surface area contributed by atoms with Gasteiger partial charge in [0.05, 0.1) is 6.61 Å². The van der Waals surface area contributed by atoms with Crippen LogP contribution >= 0.6 is 7.60 Å². The first kappa shape index (κ1) is 9.56. The Morgan fingerprint density at radius 3 is 2.86 bits per heavy atom. The summed E-state index contributed by atoms with van der Waals surface area (Å²) in [6, 6.07) is 7.11. The molecule has 0 saturated carbocycles. The molecule has 14 heavy (non-hydrogen) atoms. The van der Waals surface area contributed by atoms with E-state index in [4.69, 9.17) is 13.8 Å². The number of hydrogen-bond donors (Lipinski definition) is 0. The van der Waals surface area contributed by atoms with Crippen molar-refractivity contribution in [3.8, 4) is 11.5 Å². The molecule has 0 spiro atoms. The molecule has 5 heteroatoms. The maximum Gasteiger partial charge on any atom is 0.416 e. The van der Waals surface area contributed by atoms with Crippen molar-refractivity contribution < 1.29 is 18.3 Å². The fraction of sp³-hybridized carbons (Fsp3) is 0.333. The maximum atomic E-state index is 11.8. The summed E-state index contributed by atoms with van der Waals surface area (Å²) in [6.45, 7) is 2.12. The third kappa shape index (κ3) is 1.76. The van der Waals surface area contributed by atoms with Crippen LogP contribution in [0.5, 0.6) is 11.5 Å². The Kier molecular flexibility index (Phi) is 2.48. The average Bonchev–Trinajstić information content (AvgIpc) is 2.17. The van der Waals surface area contributed by atoms with Crippen LogP contribution in [0.25, 0.3) is 0 Å². The van der Waals surface area contributed by atoms with Gasteiger partial charge in [0, 0.05) is 0 Å². The van der Waals surface area contributed by atoms with E-state index < -0.39 is 7.60 Å². The first-order chi connectivity index (χ1) is 6.73. The van der Waals surface area contributed by atoms with Crippen molar-refractivity contribution in [1.29, 1.82) is 0 Å². The molecule has 0 fully saturated rings. The van der Waals surface area contributed by atoms with Gasteiger partial charge in [-0.25, -0.2) is 4.57 Å². The van der Waals surface area contributed by atoms with Gasteiger partial charge in [0.15, 0.2) is 11.5 Å². The van der Waals surface area contributed by atoms with E-state index in [0.29, 0.717) is 18.1 Å². The van der Waals surface area contributed by atoms with Crippen LogP contribution in [0, 0.1) is 0 Å². The number of benzene rings is 1. The summed E-state index contributed by atoms with van der Waals surface area (Å²) in [5.74, 6) is 1.09. The van der Waals surface area contributed by atoms with Gasteiger partial charge in [0.1, 0.15) is 0 Å². The molecule has 0 unspecified atom stereocenters. The highest BCUT2D eigenvalue weighted by molar-refractivity contribution is 7.54. The third-order valence-corrected chi connectivity index (χ3v) is 3.36. The minimum atomic E-state index is -3.07. The van der Waals surface area contributed by atoms with Gasteiger partial charge in [0.25, 0.3) is 0 Å². The number of hydrogen-bond acceptors (Lipinski definition) is 4. The van der Waals surface area contributed by atoms with Gasteiger partial charge in [0.2, 0.25) is 6.35 Å². The van der Waals surface area contributed by atoms with E-state index in [0.717, 1.165) is 0 Å². The van der Waals surface area contributed by atoms with Gasteiger partial charge in [-0.15, -0.1) is 0 Å². The van der Waals surface area contributed by atoms with Crippen LogP contribution in [0.4, 0.5) is 0 Å². The molecule has 0 N–H and O–H groups in total. The predicted octanol–water partition coefficient (Wildman–Crippen LogP) is 2.64. The van der Waals surface area contributed by atoms with E-state index in [1.165, 1.54) is 0 Å². The van der Waals surface area contributed by atoms with Crippen LogP contribution in [0.3, 0.4) is 0 Å². The Balaban J connectivity index is 2.25. The van der Waals surface area contributed by atoms with Crippen molar-refractivity contribution >= 4 is 7.60 Å². The molecule has 0 bridgehead atoms. The second-order valence-corrected chi connectivity index (χ2v) is 4.76. The molecule has 0 saturated heterocycles. The van der Waals surface area contributed by atoms with E-state index in [9.17, 15) is 4.57 Å². The van der Waals surface area contributed by atoms with Crippen molar-refractivity contribution in [3.05, 3.63) is 24.3 Å².